The summed E-state index contributed by atoms with van der Waals surface area (Å²) >= 11 is 7.76. The van der Waals surface area contributed by atoms with E-state index in [0.29, 0.717) is 11.8 Å². The highest BCUT2D eigenvalue weighted by atomic mass is 35.5. The van der Waals surface area contributed by atoms with Crippen LogP contribution in [-0.2, 0) is 11.2 Å². The molecule has 1 aliphatic rings. The molecule has 2 aromatic rings. The molecule has 1 aromatic carbocycles. The number of halogens is 1. The molecule has 0 saturated heterocycles. The van der Waals surface area contributed by atoms with Gasteiger partial charge in [0.25, 0.3) is 0 Å². The van der Waals surface area contributed by atoms with E-state index in [2.05, 4.69) is 18.3 Å². The highest BCUT2D eigenvalue weighted by molar-refractivity contribution is 7.19. The van der Waals surface area contributed by atoms with E-state index in [4.69, 9.17) is 16.7 Å². The summed E-state index contributed by atoms with van der Waals surface area (Å²) in [6, 6.07) is 4.06. The van der Waals surface area contributed by atoms with Gasteiger partial charge in [-0.2, -0.15) is 0 Å². The molecule has 0 unspecified atom stereocenters. The van der Waals surface area contributed by atoms with Crippen molar-refractivity contribution in [2.24, 2.45) is 0 Å². The molecule has 0 spiro atoms. The van der Waals surface area contributed by atoms with Crippen LogP contribution in [0.4, 0.5) is 5.69 Å². The van der Waals surface area contributed by atoms with Crippen LogP contribution in [0.1, 0.15) is 21.9 Å². The molecule has 3 rings (SSSR count). The lowest BCUT2D eigenvalue weighted by Crippen LogP contribution is -2.02. The molecule has 0 aliphatic carbocycles. The van der Waals surface area contributed by atoms with Crippen LogP contribution in [0.15, 0.2) is 12.1 Å². The summed E-state index contributed by atoms with van der Waals surface area (Å²) in [5.41, 5.74) is 3.20. The van der Waals surface area contributed by atoms with Gasteiger partial charge in [0.1, 0.15) is 0 Å². The number of alkyl halides is 1. The second-order valence-corrected chi connectivity index (χ2v) is 6.46. The van der Waals surface area contributed by atoms with Crippen LogP contribution in [-0.4, -0.2) is 23.5 Å². The molecule has 19 heavy (non-hydrogen) atoms. The minimum Gasteiger partial charge on any atom is -0.481 e. The zero-order valence-electron chi connectivity index (χ0n) is 10.5. The molecule has 0 bridgehead atoms. The molecule has 1 aromatic heterocycles. The van der Waals surface area contributed by atoms with Crippen molar-refractivity contribution in [3.63, 3.8) is 0 Å². The Bertz CT molecular complexity index is 665. The minimum absolute atomic E-state index is 0.0627. The minimum atomic E-state index is -0.794. The fourth-order valence-corrected chi connectivity index (χ4v) is 4.18. The van der Waals surface area contributed by atoms with Gasteiger partial charge in [-0.1, -0.05) is 0 Å². The van der Waals surface area contributed by atoms with Crippen molar-refractivity contribution in [2.75, 3.05) is 17.7 Å². The predicted octanol–water partition coefficient (Wildman–Crippen LogP) is 3.58. The van der Waals surface area contributed by atoms with Gasteiger partial charge in [0, 0.05) is 33.6 Å². The number of hydrogen-bond donors (Lipinski definition) is 2. The van der Waals surface area contributed by atoms with Gasteiger partial charge >= 0.3 is 5.97 Å². The Morgan fingerprint density at radius 3 is 3.05 bits per heavy atom. The smallest absolute Gasteiger partial charge is 0.307 e. The molecule has 1 aliphatic heterocycles. The second-order valence-electron chi connectivity index (χ2n) is 4.90. The number of carboxylic acids is 1. The molecule has 2 heterocycles. The number of aryl methyl sites for hydroxylation is 1. The SMILES string of the molecule is Cc1cc2c(CC(=O)O)cc3c(c2s1)[C@@H](CCl)CN3. The van der Waals surface area contributed by atoms with Crippen molar-refractivity contribution in [1.29, 1.82) is 0 Å². The number of rotatable bonds is 3. The molecule has 0 amide bonds. The summed E-state index contributed by atoms with van der Waals surface area (Å²) in [5.74, 6) is 0.109. The first-order valence-electron chi connectivity index (χ1n) is 6.17. The third-order valence-corrected chi connectivity index (χ3v) is 4.99. The number of hydrogen-bond acceptors (Lipinski definition) is 3. The van der Waals surface area contributed by atoms with E-state index in [1.54, 1.807) is 11.3 Å². The van der Waals surface area contributed by atoms with Gasteiger partial charge in [-0.15, -0.1) is 22.9 Å². The first kappa shape index (κ1) is 12.8. The van der Waals surface area contributed by atoms with Crippen molar-refractivity contribution in [3.8, 4) is 0 Å². The Kier molecular flexibility index (Phi) is 3.15. The molecule has 3 nitrogen and oxygen atoms in total. The number of benzene rings is 1. The molecular weight excluding hydrogens is 282 g/mol. The first-order valence-corrected chi connectivity index (χ1v) is 7.52. The predicted molar refractivity (Wildman–Crippen MR) is 79.9 cm³/mol. The Hall–Kier alpha value is -1.26. The van der Waals surface area contributed by atoms with E-state index in [1.807, 2.05) is 6.07 Å². The molecule has 2 N–H and O–H groups in total. The second kappa shape index (κ2) is 4.69. The van der Waals surface area contributed by atoms with E-state index in [-0.39, 0.29) is 6.42 Å². The van der Waals surface area contributed by atoms with E-state index in [0.717, 1.165) is 23.2 Å². The molecule has 0 fully saturated rings. The normalized spacial score (nSPS) is 17.5. The van der Waals surface area contributed by atoms with Crippen LogP contribution in [0.5, 0.6) is 0 Å². The number of thiophene rings is 1. The van der Waals surface area contributed by atoms with Crippen LogP contribution >= 0.6 is 22.9 Å². The van der Waals surface area contributed by atoms with Crippen LogP contribution in [0.3, 0.4) is 0 Å². The van der Waals surface area contributed by atoms with Gasteiger partial charge in [0.15, 0.2) is 0 Å². The average Bonchev–Trinajstić information content (AvgIpc) is 2.90. The van der Waals surface area contributed by atoms with E-state index >= 15 is 0 Å². The van der Waals surface area contributed by atoms with Gasteiger partial charge in [0.2, 0.25) is 0 Å². The Labute approximate surface area is 120 Å². The number of anilines is 1. The van der Waals surface area contributed by atoms with Crippen LogP contribution in [0.2, 0.25) is 0 Å². The summed E-state index contributed by atoms with van der Waals surface area (Å²) in [6.45, 7) is 2.89. The average molecular weight is 296 g/mol. The van der Waals surface area contributed by atoms with Gasteiger partial charge in [-0.3, -0.25) is 4.79 Å². The summed E-state index contributed by atoms with van der Waals surface area (Å²) in [6.07, 6.45) is 0.0627. The monoisotopic (exact) mass is 295 g/mol. The summed E-state index contributed by atoms with van der Waals surface area (Å²) in [5, 5.41) is 13.5. The molecule has 1 atom stereocenters. The maximum atomic E-state index is 11.0. The van der Waals surface area contributed by atoms with E-state index in [1.165, 1.54) is 15.1 Å². The lowest BCUT2D eigenvalue weighted by atomic mass is 9.97. The summed E-state index contributed by atoms with van der Waals surface area (Å²) < 4.78 is 1.20. The Balaban J connectivity index is 2.26. The Morgan fingerprint density at radius 1 is 1.58 bits per heavy atom. The maximum absolute atomic E-state index is 11.0. The largest absolute Gasteiger partial charge is 0.481 e. The Morgan fingerprint density at radius 2 is 2.37 bits per heavy atom. The zero-order valence-corrected chi connectivity index (χ0v) is 12.1. The lowest BCUT2D eigenvalue weighted by molar-refractivity contribution is -0.136. The van der Waals surface area contributed by atoms with Crippen molar-refractivity contribution >= 4 is 44.7 Å². The third-order valence-electron chi connectivity index (χ3n) is 3.53. The summed E-state index contributed by atoms with van der Waals surface area (Å²) in [7, 11) is 0. The van der Waals surface area contributed by atoms with Gasteiger partial charge in [0.05, 0.1) is 6.42 Å². The highest BCUT2D eigenvalue weighted by Gasteiger charge is 2.26. The number of fused-ring (bicyclic) bond motifs is 3. The van der Waals surface area contributed by atoms with Crippen molar-refractivity contribution in [2.45, 2.75) is 19.3 Å². The number of nitrogens with one attached hydrogen (secondary N) is 1. The lowest BCUT2D eigenvalue weighted by Gasteiger charge is -2.09. The van der Waals surface area contributed by atoms with Crippen molar-refractivity contribution < 1.29 is 9.90 Å². The van der Waals surface area contributed by atoms with E-state index < -0.39 is 5.97 Å². The standard InChI is InChI=1S/C14H14ClNO2S/c1-7-2-10-8(4-12(17)18)3-11-13(14(10)19-7)9(5-15)6-16-11/h2-3,9,16H,4-6H2,1H3,(H,17,18)/t9-/m0/s1. The first-order chi connectivity index (χ1) is 9.10. The number of carbonyl (C=O) groups is 1. The fourth-order valence-electron chi connectivity index (χ4n) is 2.73. The number of aliphatic carboxylic acids is 1. The van der Waals surface area contributed by atoms with Crippen molar-refractivity contribution in [1.82, 2.24) is 0 Å². The molecule has 0 radical (unpaired) electrons. The molecule has 5 heteroatoms. The topological polar surface area (TPSA) is 49.3 Å². The molecule has 100 valence electrons. The van der Waals surface area contributed by atoms with Gasteiger partial charge in [-0.05, 0) is 35.6 Å². The highest BCUT2D eigenvalue weighted by Crippen LogP contribution is 2.43. The molecule has 0 saturated carbocycles. The maximum Gasteiger partial charge on any atom is 0.307 e. The third kappa shape index (κ3) is 2.09. The van der Waals surface area contributed by atoms with Crippen LogP contribution < -0.4 is 5.32 Å². The zero-order chi connectivity index (χ0) is 13.6. The number of carboxylic acid groups (broad SMARTS) is 1. The van der Waals surface area contributed by atoms with Crippen molar-refractivity contribution in [3.05, 3.63) is 28.1 Å². The van der Waals surface area contributed by atoms with Crippen LogP contribution in [0, 0.1) is 6.92 Å². The van der Waals surface area contributed by atoms with Gasteiger partial charge < -0.3 is 10.4 Å². The quantitative estimate of drug-likeness (QED) is 0.851. The van der Waals surface area contributed by atoms with E-state index in [9.17, 15) is 4.79 Å². The van der Waals surface area contributed by atoms with Crippen LogP contribution in [0.25, 0.3) is 10.1 Å². The fraction of sp³-hybridized carbons (Fsp3) is 0.357. The van der Waals surface area contributed by atoms with Gasteiger partial charge in [-0.25, -0.2) is 0 Å². The summed E-state index contributed by atoms with van der Waals surface area (Å²) in [4.78, 5) is 12.2. The molecular formula is C14H14ClNO2S.